The molecule has 1 aromatic carbocycles. The molecule has 7 heteroatoms. The molecule has 26 heavy (non-hydrogen) atoms. The van der Waals surface area contributed by atoms with Crippen molar-refractivity contribution in [3.8, 4) is 0 Å². The van der Waals surface area contributed by atoms with E-state index >= 15 is 0 Å². The quantitative estimate of drug-likeness (QED) is 0.856. The topological polar surface area (TPSA) is 65.1 Å². The van der Waals surface area contributed by atoms with Gasteiger partial charge in [0.15, 0.2) is 0 Å². The minimum absolute atomic E-state index is 0.0596. The molecule has 2 aliphatic heterocycles. The molecule has 1 N–H and O–H groups in total. The molecule has 1 unspecified atom stereocenters. The maximum absolute atomic E-state index is 12.3. The first kappa shape index (κ1) is 18.5. The number of likely N-dealkylation sites (N-methyl/N-ethyl adjacent to an activating group) is 1. The third-order valence-electron chi connectivity index (χ3n) is 5.00. The van der Waals surface area contributed by atoms with E-state index in [2.05, 4.69) is 10.2 Å². The van der Waals surface area contributed by atoms with Crippen molar-refractivity contribution in [2.75, 3.05) is 57.8 Å². The van der Waals surface area contributed by atoms with Crippen molar-refractivity contribution in [2.45, 2.75) is 18.9 Å². The fraction of sp³-hybridized carbons (Fsp3) is 0.579. The van der Waals surface area contributed by atoms with Gasteiger partial charge in [-0.25, -0.2) is 4.79 Å². The van der Waals surface area contributed by atoms with Crippen LogP contribution in [0.5, 0.6) is 0 Å². The predicted molar refractivity (Wildman–Crippen MR) is 100 cm³/mol. The summed E-state index contributed by atoms with van der Waals surface area (Å²) < 4.78 is 5.47. The molecule has 3 rings (SSSR count). The smallest absolute Gasteiger partial charge is 0.317 e. The number of carbonyl (C=O) groups excluding carboxylic acids is 2. The van der Waals surface area contributed by atoms with Crippen molar-refractivity contribution >= 4 is 17.6 Å². The van der Waals surface area contributed by atoms with Crippen LogP contribution in [0.25, 0.3) is 0 Å². The third-order valence-corrected chi connectivity index (χ3v) is 5.00. The van der Waals surface area contributed by atoms with Gasteiger partial charge in [-0.15, -0.1) is 0 Å². The summed E-state index contributed by atoms with van der Waals surface area (Å²) in [4.78, 5) is 30.4. The highest BCUT2D eigenvalue weighted by atomic mass is 16.5. The van der Waals surface area contributed by atoms with E-state index in [0.717, 1.165) is 25.1 Å². The molecule has 0 radical (unpaired) electrons. The minimum atomic E-state index is -0.274. The lowest BCUT2D eigenvalue weighted by molar-refractivity contribution is -0.142. The van der Waals surface area contributed by atoms with Gasteiger partial charge in [-0.2, -0.15) is 0 Å². The van der Waals surface area contributed by atoms with E-state index < -0.39 is 0 Å². The Balaban J connectivity index is 1.36. The third kappa shape index (κ3) is 4.66. The molecule has 3 amide bonds. The molecule has 0 aliphatic carbocycles. The van der Waals surface area contributed by atoms with Crippen molar-refractivity contribution in [1.82, 2.24) is 15.1 Å². The number of ether oxygens (including phenoxy) is 1. The van der Waals surface area contributed by atoms with E-state index in [1.54, 1.807) is 4.90 Å². The van der Waals surface area contributed by atoms with Crippen molar-refractivity contribution < 1.29 is 14.3 Å². The Hall–Kier alpha value is -2.28. The molecular weight excluding hydrogens is 332 g/mol. The fourth-order valence-corrected chi connectivity index (χ4v) is 3.36. The predicted octanol–water partition coefficient (Wildman–Crippen LogP) is 1.16. The Morgan fingerprint density at radius 1 is 1.15 bits per heavy atom. The molecule has 0 saturated carbocycles. The first-order valence-electron chi connectivity index (χ1n) is 9.34. The summed E-state index contributed by atoms with van der Waals surface area (Å²) in [6.45, 7) is 4.30. The molecule has 0 bridgehead atoms. The summed E-state index contributed by atoms with van der Waals surface area (Å²) in [5.41, 5.74) is 1.13. The lowest BCUT2D eigenvalue weighted by Crippen LogP contribution is -2.55. The molecule has 2 aliphatic rings. The van der Waals surface area contributed by atoms with E-state index in [1.807, 2.05) is 42.3 Å². The maximum Gasteiger partial charge on any atom is 0.317 e. The highest BCUT2D eigenvalue weighted by Crippen LogP contribution is 2.16. The van der Waals surface area contributed by atoms with Crippen molar-refractivity contribution in [3.63, 3.8) is 0 Å². The van der Waals surface area contributed by atoms with Crippen LogP contribution in [0.1, 0.15) is 12.8 Å². The van der Waals surface area contributed by atoms with E-state index in [4.69, 9.17) is 4.74 Å². The number of hydrogen-bond acceptors (Lipinski definition) is 4. The number of anilines is 1. The van der Waals surface area contributed by atoms with Crippen LogP contribution >= 0.6 is 0 Å². The monoisotopic (exact) mass is 360 g/mol. The van der Waals surface area contributed by atoms with Gasteiger partial charge < -0.3 is 24.8 Å². The highest BCUT2D eigenvalue weighted by molar-refractivity contribution is 5.81. The Bertz CT molecular complexity index is 596. The van der Waals surface area contributed by atoms with Crippen LogP contribution in [0.2, 0.25) is 0 Å². The van der Waals surface area contributed by atoms with Crippen molar-refractivity contribution in [2.24, 2.45) is 0 Å². The molecule has 0 aromatic heterocycles. The van der Waals surface area contributed by atoms with Gasteiger partial charge in [0.05, 0.1) is 0 Å². The van der Waals surface area contributed by atoms with E-state index in [0.29, 0.717) is 39.3 Å². The number of amides is 3. The van der Waals surface area contributed by atoms with Crippen LogP contribution in [-0.4, -0.2) is 80.8 Å². The molecule has 0 spiro atoms. The Kier molecular flexibility index (Phi) is 6.33. The highest BCUT2D eigenvalue weighted by Gasteiger charge is 2.31. The number of piperazine rings is 1. The molecule has 2 saturated heterocycles. The molecule has 142 valence electrons. The zero-order valence-corrected chi connectivity index (χ0v) is 15.4. The second kappa shape index (κ2) is 8.89. The first-order valence-corrected chi connectivity index (χ1v) is 9.34. The Morgan fingerprint density at radius 3 is 2.50 bits per heavy atom. The second-order valence-corrected chi connectivity index (χ2v) is 6.80. The average molecular weight is 360 g/mol. The standard InChI is InChI=1S/C19H28N4O3/c1-21(16-6-3-2-4-7-16)10-9-20-19(25)23-13-11-22(12-14-23)18(24)17-8-5-15-26-17/h2-4,6-7,17H,5,8-15H2,1H3,(H,20,25). The van der Waals surface area contributed by atoms with Gasteiger partial charge in [-0.1, -0.05) is 18.2 Å². The number of para-hydroxylation sites is 1. The minimum Gasteiger partial charge on any atom is -0.373 e. The number of nitrogens with zero attached hydrogens (tertiary/aromatic N) is 3. The lowest BCUT2D eigenvalue weighted by Gasteiger charge is -2.35. The van der Waals surface area contributed by atoms with Gasteiger partial charge >= 0.3 is 6.03 Å². The van der Waals surface area contributed by atoms with E-state index in [-0.39, 0.29) is 18.0 Å². The van der Waals surface area contributed by atoms with Crippen LogP contribution in [0.3, 0.4) is 0 Å². The second-order valence-electron chi connectivity index (χ2n) is 6.80. The maximum atomic E-state index is 12.3. The number of benzene rings is 1. The molecule has 7 nitrogen and oxygen atoms in total. The largest absolute Gasteiger partial charge is 0.373 e. The Labute approximate surface area is 154 Å². The molecule has 2 fully saturated rings. The van der Waals surface area contributed by atoms with Crippen LogP contribution in [0, 0.1) is 0 Å². The normalized spacial score (nSPS) is 20.1. The number of rotatable bonds is 5. The van der Waals surface area contributed by atoms with Crippen LogP contribution < -0.4 is 10.2 Å². The van der Waals surface area contributed by atoms with Gasteiger partial charge in [-0.3, -0.25) is 4.79 Å². The molecule has 1 atom stereocenters. The number of nitrogens with one attached hydrogen (secondary N) is 1. The summed E-state index contributed by atoms with van der Waals surface area (Å²) in [6.07, 6.45) is 1.49. The molecule has 2 heterocycles. The molecule has 1 aromatic rings. The van der Waals surface area contributed by atoms with Gasteiger partial charge in [0.2, 0.25) is 0 Å². The number of urea groups is 1. The van der Waals surface area contributed by atoms with Gasteiger partial charge in [0.1, 0.15) is 6.10 Å². The van der Waals surface area contributed by atoms with Crippen LogP contribution in [-0.2, 0) is 9.53 Å². The summed E-state index contributed by atoms with van der Waals surface area (Å²) in [5, 5.41) is 2.97. The first-order chi connectivity index (χ1) is 12.6. The zero-order chi connectivity index (χ0) is 18.4. The Morgan fingerprint density at radius 2 is 1.85 bits per heavy atom. The SMILES string of the molecule is CN(CCNC(=O)N1CCN(C(=O)C2CCCO2)CC1)c1ccccc1. The van der Waals surface area contributed by atoms with E-state index in [1.165, 1.54) is 0 Å². The summed E-state index contributed by atoms with van der Waals surface area (Å²) in [6, 6.07) is 10.0. The average Bonchev–Trinajstić information content (AvgIpc) is 3.23. The van der Waals surface area contributed by atoms with Gasteiger partial charge in [0, 0.05) is 58.6 Å². The molecular formula is C19H28N4O3. The van der Waals surface area contributed by atoms with Crippen molar-refractivity contribution in [1.29, 1.82) is 0 Å². The number of carbonyl (C=O) groups is 2. The summed E-state index contributed by atoms with van der Waals surface area (Å²) in [5.74, 6) is 0.0760. The van der Waals surface area contributed by atoms with Gasteiger partial charge in [0.25, 0.3) is 5.91 Å². The fourth-order valence-electron chi connectivity index (χ4n) is 3.36. The number of hydrogen-bond donors (Lipinski definition) is 1. The van der Waals surface area contributed by atoms with Crippen LogP contribution in [0.4, 0.5) is 10.5 Å². The lowest BCUT2D eigenvalue weighted by atomic mass is 10.2. The van der Waals surface area contributed by atoms with Gasteiger partial charge in [-0.05, 0) is 25.0 Å². The van der Waals surface area contributed by atoms with Crippen LogP contribution in [0.15, 0.2) is 30.3 Å². The van der Waals surface area contributed by atoms with Crippen molar-refractivity contribution in [3.05, 3.63) is 30.3 Å². The summed E-state index contributed by atoms with van der Waals surface area (Å²) in [7, 11) is 2.01. The van der Waals surface area contributed by atoms with E-state index in [9.17, 15) is 9.59 Å². The summed E-state index contributed by atoms with van der Waals surface area (Å²) >= 11 is 0. The zero-order valence-electron chi connectivity index (χ0n) is 15.4.